The molecule has 4 heteroatoms. The van der Waals surface area contributed by atoms with Crippen molar-refractivity contribution >= 4 is 5.91 Å². The van der Waals surface area contributed by atoms with Gasteiger partial charge in [-0.15, -0.1) is 0 Å². The molecule has 2 rings (SSSR count). The summed E-state index contributed by atoms with van der Waals surface area (Å²) >= 11 is 0. The number of ether oxygens (including phenoxy) is 1. The second kappa shape index (κ2) is 5.98. The lowest BCUT2D eigenvalue weighted by atomic mass is 10.1. The van der Waals surface area contributed by atoms with Gasteiger partial charge in [-0.05, 0) is 24.1 Å². The molecule has 1 amide bonds. The van der Waals surface area contributed by atoms with Crippen LogP contribution in [0.4, 0.5) is 0 Å². The molecule has 1 fully saturated rings. The topological polar surface area (TPSA) is 55.6 Å². The van der Waals surface area contributed by atoms with Gasteiger partial charge in [0.05, 0.1) is 12.7 Å². The van der Waals surface area contributed by atoms with Gasteiger partial charge in [0.1, 0.15) is 0 Å². The molecule has 1 aromatic carbocycles. The van der Waals surface area contributed by atoms with E-state index in [2.05, 4.69) is 11.8 Å². The third-order valence-electron chi connectivity index (χ3n) is 3.32. The van der Waals surface area contributed by atoms with Crippen LogP contribution in [-0.4, -0.2) is 36.6 Å². The van der Waals surface area contributed by atoms with Gasteiger partial charge in [0, 0.05) is 25.2 Å². The van der Waals surface area contributed by atoms with Crippen LogP contribution in [0.25, 0.3) is 0 Å². The van der Waals surface area contributed by atoms with E-state index in [4.69, 9.17) is 10.5 Å². The number of hydrogen-bond donors (Lipinski definition) is 1. The Kier molecular flexibility index (Phi) is 4.33. The molecule has 1 aliphatic heterocycles. The first-order valence-corrected chi connectivity index (χ1v) is 6.41. The molecule has 0 bridgehead atoms. The van der Waals surface area contributed by atoms with E-state index >= 15 is 0 Å². The highest BCUT2D eigenvalue weighted by Gasteiger charge is 2.18. The molecule has 2 N–H and O–H groups in total. The molecule has 0 aliphatic carbocycles. The van der Waals surface area contributed by atoms with Crippen molar-refractivity contribution in [2.75, 3.05) is 19.7 Å². The molecule has 18 heavy (non-hydrogen) atoms. The van der Waals surface area contributed by atoms with Crippen LogP contribution in [0.5, 0.6) is 0 Å². The minimum atomic E-state index is -0.376. The largest absolute Gasteiger partial charge is 0.376 e. The molecule has 1 aromatic rings. The maximum Gasteiger partial charge on any atom is 0.248 e. The Bertz CT molecular complexity index is 403. The number of hydrogen-bond acceptors (Lipinski definition) is 3. The van der Waals surface area contributed by atoms with Crippen LogP contribution in [-0.2, 0) is 11.3 Å². The van der Waals surface area contributed by atoms with Crippen LogP contribution < -0.4 is 5.73 Å². The second-order valence-corrected chi connectivity index (χ2v) is 4.70. The molecule has 1 atom stereocenters. The Hall–Kier alpha value is -1.39. The van der Waals surface area contributed by atoms with E-state index in [1.807, 2.05) is 12.1 Å². The summed E-state index contributed by atoms with van der Waals surface area (Å²) in [5.41, 5.74) is 6.99. The van der Waals surface area contributed by atoms with E-state index in [-0.39, 0.29) is 5.91 Å². The molecule has 4 nitrogen and oxygen atoms in total. The first kappa shape index (κ1) is 13.1. The van der Waals surface area contributed by atoms with Crippen LogP contribution in [0.3, 0.4) is 0 Å². The van der Waals surface area contributed by atoms with Crippen molar-refractivity contribution in [1.82, 2.24) is 4.90 Å². The molecule has 98 valence electrons. The quantitative estimate of drug-likeness (QED) is 0.876. The number of amides is 1. The summed E-state index contributed by atoms with van der Waals surface area (Å²) in [4.78, 5) is 13.4. The number of primary amides is 1. The summed E-state index contributed by atoms with van der Waals surface area (Å²) in [6.45, 7) is 5.80. The predicted octanol–water partition coefficient (Wildman–Crippen LogP) is 1.40. The smallest absolute Gasteiger partial charge is 0.248 e. The lowest BCUT2D eigenvalue weighted by Gasteiger charge is -2.32. The van der Waals surface area contributed by atoms with Crippen LogP contribution in [0.2, 0.25) is 0 Å². The first-order valence-electron chi connectivity index (χ1n) is 6.41. The van der Waals surface area contributed by atoms with Gasteiger partial charge >= 0.3 is 0 Å². The molecular weight excluding hydrogens is 228 g/mol. The summed E-state index contributed by atoms with van der Waals surface area (Å²) < 4.78 is 5.64. The summed E-state index contributed by atoms with van der Waals surface area (Å²) in [5, 5.41) is 0. The van der Waals surface area contributed by atoms with Crippen molar-refractivity contribution in [3.63, 3.8) is 0 Å². The number of nitrogens with two attached hydrogens (primary N) is 1. The Morgan fingerprint density at radius 1 is 1.44 bits per heavy atom. The molecular formula is C14H20N2O2. The normalized spacial score (nSPS) is 20.8. The Morgan fingerprint density at radius 2 is 2.17 bits per heavy atom. The third-order valence-corrected chi connectivity index (χ3v) is 3.32. The van der Waals surface area contributed by atoms with Gasteiger partial charge in [0.25, 0.3) is 0 Å². The highest BCUT2D eigenvalue weighted by atomic mass is 16.5. The Balaban J connectivity index is 1.94. The van der Waals surface area contributed by atoms with E-state index in [1.54, 1.807) is 12.1 Å². The Labute approximate surface area is 108 Å². The molecule has 0 radical (unpaired) electrons. The number of carbonyl (C=O) groups excluding carboxylic acids is 1. The predicted molar refractivity (Wildman–Crippen MR) is 70.3 cm³/mol. The third kappa shape index (κ3) is 3.31. The molecule has 1 heterocycles. The zero-order valence-corrected chi connectivity index (χ0v) is 10.8. The standard InChI is InChI=1S/C14H20N2O2/c1-2-13-10-16(7-8-18-13)9-11-3-5-12(6-4-11)14(15)17/h3-6,13H,2,7-10H2,1H3,(H2,15,17)/t13-/m0/s1. The fraction of sp³-hybridized carbons (Fsp3) is 0.500. The highest BCUT2D eigenvalue weighted by molar-refractivity contribution is 5.92. The van der Waals surface area contributed by atoms with E-state index in [0.717, 1.165) is 32.7 Å². The Morgan fingerprint density at radius 3 is 2.78 bits per heavy atom. The molecule has 1 saturated heterocycles. The van der Waals surface area contributed by atoms with Crippen molar-refractivity contribution < 1.29 is 9.53 Å². The van der Waals surface area contributed by atoms with E-state index in [1.165, 1.54) is 5.56 Å². The van der Waals surface area contributed by atoms with Gasteiger partial charge in [-0.3, -0.25) is 9.69 Å². The van der Waals surface area contributed by atoms with Crippen LogP contribution in [0, 0.1) is 0 Å². The highest BCUT2D eigenvalue weighted by Crippen LogP contribution is 2.13. The van der Waals surface area contributed by atoms with Crippen LogP contribution in [0.15, 0.2) is 24.3 Å². The lowest BCUT2D eigenvalue weighted by molar-refractivity contribution is -0.0324. The number of morpholine rings is 1. The molecule has 0 spiro atoms. The average molecular weight is 248 g/mol. The fourth-order valence-electron chi connectivity index (χ4n) is 2.20. The van der Waals surface area contributed by atoms with Gasteiger partial charge in [0.2, 0.25) is 5.91 Å². The van der Waals surface area contributed by atoms with Crippen molar-refractivity contribution in [3.8, 4) is 0 Å². The number of benzene rings is 1. The maximum atomic E-state index is 11.0. The minimum Gasteiger partial charge on any atom is -0.376 e. The van der Waals surface area contributed by atoms with Gasteiger partial charge in [-0.2, -0.15) is 0 Å². The van der Waals surface area contributed by atoms with Gasteiger partial charge in [-0.25, -0.2) is 0 Å². The van der Waals surface area contributed by atoms with E-state index in [0.29, 0.717) is 11.7 Å². The average Bonchev–Trinajstić information content (AvgIpc) is 2.39. The van der Waals surface area contributed by atoms with Crippen molar-refractivity contribution in [1.29, 1.82) is 0 Å². The van der Waals surface area contributed by atoms with Gasteiger partial charge < -0.3 is 10.5 Å². The van der Waals surface area contributed by atoms with Crippen molar-refractivity contribution in [3.05, 3.63) is 35.4 Å². The first-order chi connectivity index (χ1) is 8.69. The maximum absolute atomic E-state index is 11.0. The van der Waals surface area contributed by atoms with Crippen molar-refractivity contribution in [2.45, 2.75) is 26.0 Å². The summed E-state index contributed by atoms with van der Waals surface area (Å²) in [5.74, 6) is -0.376. The summed E-state index contributed by atoms with van der Waals surface area (Å²) in [7, 11) is 0. The van der Waals surface area contributed by atoms with Crippen LogP contribution >= 0.6 is 0 Å². The van der Waals surface area contributed by atoms with Gasteiger partial charge in [-0.1, -0.05) is 19.1 Å². The van der Waals surface area contributed by atoms with Crippen molar-refractivity contribution in [2.24, 2.45) is 5.73 Å². The minimum absolute atomic E-state index is 0.351. The number of nitrogens with zero attached hydrogens (tertiary/aromatic N) is 1. The van der Waals surface area contributed by atoms with Gasteiger partial charge in [0.15, 0.2) is 0 Å². The van der Waals surface area contributed by atoms with Crippen LogP contribution in [0.1, 0.15) is 29.3 Å². The second-order valence-electron chi connectivity index (χ2n) is 4.70. The molecule has 0 aromatic heterocycles. The zero-order chi connectivity index (χ0) is 13.0. The lowest BCUT2D eigenvalue weighted by Crippen LogP contribution is -2.41. The van der Waals surface area contributed by atoms with E-state index in [9.17, 15) is 4.79 Å². The summed E-state index contributed by atoms with van der Waals surface area (Å²) in [6.07, 6.45) is 1.40. The number of carbonyl (C=O) groups is 1. The molecule has 0 unspecified atom stereocenters. The summed E-state index contributed by atoms with van der Waals surface area (Å²) in [6, 6.07) is 7.51. The SMILES string of the molecule is CC[C@H]1CN(Cc2ccc(C(N)=O)cc2)CCO1. The zero-order valence-electron chi connectivity index (χ0n) is 10.8. The molecule has 0 saturated carbocycles. The fourth-order valence-corrected chi connectivity index (χ4v) is 2.20. The van der Waals surface area contributed by atoms with E-state index < -0.39 is 0 Å². The monoisotopic (exact) mass is 248 g/mol. The number of rotatable bonds is 4. The molecule has 1 aliphatic rings.